The molecule has 1 aliphatic heterocycles. The lowest BCUT2D eigenvalue weighted by molar-refractivity contribution is -0.131. The van der Waals surface area contributed by atoms with Crippen LogP contribution in [0, 0.1) is 10.8 Å². The summed E-state index contributed by atoms with van der Waals surface area (Å²) < 4.78 is 0. The van der Waals surface area contributed by atoms with E-state index in [9.17, 15) is 29.4 Å². The Balaban J connectivity index is 1.41. The summed E-state index contributed by atoms with van der Waals surface area (Å²) in [6, 6.07) is 25.1. The van der Waals surface area contributed by atoms with Crippen LogP contribution < -0.4 is 16.0 Å². The van der Waals surface area contributed by atoms with E-state index in [4.69, 9.17) is 4.98 Å². The third-order valence-electron chi connectivity index (χ3n) is 11.2. The van der Waals surface area contributed by atoms with Crippen LogP contribution in [0.2, 0.25) is 0 Å². The van der Waals surface area contributed by atoms with Crippen molar-refractivity contribution in [3.63, 3.8) is 0 Å². The number of benzene rings is 2. The van der Waals surface area contributed by atoms with Crippen molar-refractivity contribution in [2.45, 2.75) is 124 Å². The molecule has 2 aromatic heterocycles. The van der Waals surface area contributed by atoms with E-state index < -0.39 is 59.0 Å². The van der Waals surface area contributed by atoms with Gasteiger partial charge in [-0.2, -0.15) is 0 Å². The van der Waals surface area contributed by atoms with Crippen molar-refractivity contribution in [3.8, 4) is 11.3 Å². The molecule has 0 spiro atoms. The zero-order valence-corrected chi connectivity index (χ0v) is 37.7. The summed E-state index contributed by atoms with van der Waals surface area (Å²) in [5, 5.41) is 30.4. The van der Waals surface area contributed by atoms with E-state index in [2.05, 4.69) is 41.7 Å². The number of carbonyl (C=O) groups is 4. The average molecular weight is 848 g/mol. The molecule has 4 aromatic rings. The van der Waals surface area contributed by atoms with Crippen molar-refractivity contribution >= 4 is 23.9 Å². The number of amides is 5. The summed E-state index contributed by atoms with van der Waals surface area (Å²) in [5.41, 5.74) is 3.57. The highest BCUT2D eigenvalue weighted by Gasteiger charge is 2.44. The Morgan fingerprint density at radius 1 is 0.726 bits per heavy atom. The molecule has 0 radical (unpaired) electrons. The highest BCUT2D eigenvalue weighted by Crippen LogP contribution is 2.30. The largest absolute Gasteiger partial charge is 0.465 e. The van der Waals surface area contributed by atoms with Gasteiger partial charge >= 0.3 is 12.1 Å². The first-order chi connectivity index (χ1) is 29.1. The molecule has 0 saturated carbocycles. The van der Waals surface area contributed by atoms with Gasteiger partial charge in [-0.25, -0.2) is 9.59 Å². The smallest absolute Gasteiger partial charge is 0.405 e. The second-order valence-corrected chi connectivity index (χ2v) is 19.6. The van der Waals surface area contributed by atoms with Gasteiger partial charge in [-0.15, -0.1) is 0 Å². The molecule has 332 valence electrons. The van der Waals surface area contributed by atoms with Gasteiger partial charge in [0.25, 0.3) is 0 Å². The summed E-state index contributed by atoms with van der Waals surface area (Å²) in [4.78, 5) is 67.1. The number of urea groups is 1. The van der Waals surface area contributed by atoms with Gasteiger partial charge in [-0.3, -0.25) is 19.6 Å². The molecule has 5 amide bonds. The van der Waals surface area contributed by atoms with Crippen LogP contribution in [0.1, 0.15) is 91.2 Å². The van der Waals surface area contributed by atoms with E-state index >= 15 is 0 Å². The summed E-state index contributed by atoms with van der Waals surface area (Å²) in [6.45, 7) is 18.4. The molecule has 2 aromatic carbocycles. The number of hydrogen-bond donors (Lipinski definition) is 5. The second kappa shape index (κ2) is 19.9. The van der Waals surface area contributed by atoms with E-state index in [1.165, 1.54) is 0 Å². The van der Waals surface area contributed by atoms with Gasteiger partial charge in [0.05, 0.1) is 30.1 Å². The Hall–Kier alpha value is -5.82. The first kappa shape index (κ1) is 47.2. The van der Waals surface area contributed by atoms with E-state index in [1.807, 2.05) is 112 Å². The van der Waals surface area contributed by atoms with Crippen LogP contribution in [0.15, 0.2) is 97.2 Å². The van der Waals surface area contributed by atoms with Crippen molar-refractivity contribution in [1.29, 1.82) is 0 Å². The van der Waals surface area contributed by atoms with Crippen molar-refractivity contribution in [3.05, 3.63) is 120 Å². The number of nitrogens with zero attached hydrogens (tertiary/aromatic N) is 4. The first-order valence-corrected chi connectivity index (χ1v) is 21.4. The van der Waals surface area contributed by atoms with E-state index in [0.29, 0.717) is 26.1 Å². The van der Waals surface area contributed by atoms with Gasteiger partial charge in [-0.05, 0) is 65.5 Å². The lowest BCUT2D eigenvalue weighted by Crippen LogP contribution is -2.59. The molecule has 13 nitrogen and oxygen atoms in total. The highest BCUT2D eigenvalue weighted by atomic mass is 16.4. The van der Waals surface area contributed by atoms with Gasteiger partial charge in [0.15, 0.2) is 0 Å². The standard InChI is InChI=1S/C49H65N7O6/c1-47(2,3)40-20-15-18-35(51-40)31-55-26-27-56(46(55)62)42(49(7,8)9)44(59)53-38(29-32-16-11-10-12-17-32)39(57)30-36(52-43(58)41(48(4,5)6)54-45(60)61)28-33-21-23-34(24-22-33)37-19-13-14-25-50-37/h10-25,36,38-39,41-42,54,57H,26-31H2,1-9H3,(H,52,58)(H,53,59)(H,60,61). The van der Waals surface area contributed by atoms with Crippen LogP contribution in [-0.2, 0) is 34.4 Å². The molecule has 13 heteroatoms. The van der Waals surface area contributed by atoms with Gasteiger partial charge in [0.1, 0.15) is 12.1 Å². The monoisotopic (exact) mass is 847 g/mol. The summed E-state index contributed by atoms with van der Waals surface area (Å²) in [6.07, 6.45) is -0.183. The predicted molar refractivity (Wildman–Crippen MR) is 241 cm³/mol. The third-order valence-corrected chi connectivity index (χ3v) is 11.2. The number of hydrogen-bond acceptors (Lipinski definition) is 7. The maximum atomic E-state index is 14.7. The molecule has 0 aliphatic carbocycles. The fraction of sp³-hybridized carbons (Fsp3) is 0.469. The summed E-state index contributed by atoms with van der Waals surface area (Å²) >= 11 is 0. The van der Waals surface area contributed by atoms with Crippen LogP contribution in [0.25, 0.3) is 11.3 Å². The Bertz CT molecular complexity index is 2130. The number of carboxylic acid groups (broad SMARTS) is 1. The molecule has 0 bridgehead atoms. The number of aliphatic hydroxyl groups excluding tert-OH is 1. The zero-order valence-electron chi connectivity index (χ0n) is 37.7. The highest BCUT2D eigenvalue weighted by molar-refractivity contribution is 5.89. The molecule has 3 heterocycles. The third kappa shape index (κ3) is 12.9. The topological polar surface area (TPSA) is 177 Å². The van der Waals surface area contributed by atoms with Crippen LogP contribution in [0.4, 0.5) is 9.59 Å². The quantitative estimate of drug-likeness (QED) is 0.0802. The Kier molecular flexibility index (Phi) is 15.2. The SMILES string of the molecule is CC(C)(C)c1cccc(CN2CCN(C(C(=O)NC(Cc3ccccc3)C(O)CC(Cc3ccc(-c4ccccn4)cc3)NC(=O)C(NC(=O)O)C(C)(C)C)C(C)(C)C)C2=O)n1. The zero-order chi connectivity index (χ0) is 45.4. The number of pyridine rings is 2. The maximum Gasteiger partial charge on any atom is 0.405 e. The minimum absolute atomic E-state index is 0.0205. The molecule has 1 fully saturated rings. The van der Waals surface area contributed by atoms with Gasteiger partial charge < -0.3 is 36.0 Å². The van der Waals surface area contributed by atoms with Crippen LogP contribution in [-0.4, -0.2) is 97.3 Å². The second-order valence-electron chi connectivity index (χ2n) is 19.6. The molecule has 1 aliphatic rings. The fourth-order valence-electron chi connectivity index (χ4n) is 7.95. The number of aliphatic hydroxyl groups is 1. The Labute approximate surface area is 366 Å². The molecule has 5 atom stereocenters. The first-order valence-electron chi connectivity index (χ1n) is 21.4. The van der Waals surface area contributed by atoms with E-state index in [1.54, 1.807) is 36.8 Å². The Morgan fingerprint density at radius 2 is 1.39 bits per heavy atom. The molecule has 62 heavy (non-hydrogen) atoms. The van der Waals surface area contributed by atoms with Crippen LogP contribution >= 0.6 is 0 Å². The number of aromatic nitrogens is 2. The molecule has 5 rings (SSSR count). The summed E-state index contributed by atoms with van der Waals surface area (Å²) in [5.74, 6) is -0.930. The van der Waals surface area contributed by atoms with Gasteiger partial charge in [0, 0.05) is 42.0 Å². The van der Waals surface area contributed by atoms with Gasteiger partial charge in [-0.1, -0.05) is 129 Å². The van der Waals surface area contributed by atoms with Crippen LogP contribution in [0.3, 0.4) is 0 Å². The molecule has 5 N–H and O–H groups in total. The van der Waals surface area contributed by atoms with Crippen molar-refractivity contribution in [2.75, 3.05) is 13.1 Å². The Morgan fingerprint density at radius 3 is 1.98 bits per heavy atom. The predicted octanol–water partition coefficient (Wildman–Crippen LogP) is 6.98. The number of rotatable bonds is 16. The van der Waals surface area contributed by atoms with Crippen molar-refractivity contribution < 1.29 is 29.4 Å². The number of carbonyl (C=O) groups excluding carboxylic acids is 3. The lowest BCUT2D eigenvalue weighted by Gasteiger charge is -2.38. The van der Waals surface area contributed by atoms with Crippen molar-refractivity contribution in [2.24, 2.45) is 10.8 Å². The van der Waals surface area contributed by atoms with Crippen molar-refractivity contribution in [1.82, 2.24) is 35.7 Å². The average Bonchev–Trinajstić information content (AvgIpc) is 3.54. The lowest BCUT2D eigenvalue weighted by atomic mass is 9.84. The normalized spacial score (nSPS) is 15.9. The molecular formula is C49H65N7O6. The summed E-state index contributed by atoms with van der Waals surface area (Å²) in [7, 11) is 0. The van der Waals surface area contributed by atoms with E-state index in [0.717, 1.165) is 33.8 Å². The van der Waals surface area contributed by atoms with Crippen LogP contribution in [0.5, 0.6) is 0 Å². The van der Waals surface area contributed by atoms with Gasteiger partial charge in [0.2, 0.25) is 11.8 Å². The number of nitrogens with one attached hydrogen (secondary N) is 3. The minimum atomic E-state index is -1.33. The molecule has 5 unspecified atom stereocenters. The maximum absolute atomic E-state index is 14.7. The molecular weight excluding hydrogens is 783 g/mol. The van der Waals surface area contributed by atoms with E-state index in [-0.39, 0.29) is 24.3 Å². The fourth-order valence-corrected chi connectivity index (χ4v) is 7.95. The molecule has 1 saturated heterocycles. The minimum Gasteiger partial charge on any atom is -0.465 e.